The van der Waals surface area contributed by atoms with Crippen LogP contribution >= 0.6 is 11.3 Å². The van der Waals surface area contributed by atoms with Gasteiger partial charge in [0.05, 0.1) is 11.3 Å². The molecule has 7 nitrogen and oxygen atoms in total. The summed E-state index contributed by atoms with van der Waals surface area (Å²) in [4.78, 5) is 34.7. The normalized spacial score (nSPS) is 9.95. The quantitative estimate of drug-likeness (QED) is 0.816. The molecule has 2 N–H and O–H groups in total. The average Bonchev–Trinajstić information content (AvgIpc) is 3.15. The van der Waals surface area contributed by atoms with Crippen LogP contribution in [0.2, 0.25) is 0 Å². The van der Waals surface area contributed by atoms with Crippen molar-refractivity contribution in [3.8, 4) is 0 Å². The fraction of sp³-hybridized carbons (Fsp3) is 0.154. The van der Waals surface area contributed by atoms with Crippen LogP contribution in [0.15, 0.2) is 34.9 Å². The number of thiophene rings is 1. The molecule has 110 valence electrons. The van der Waals surface area contributed by atoms with Gasteiger partial charge in [0.15, 0.2) is 12.4 Å². The number of furan rings is 1. The van der Waals surface area contributed by atoms with E-state index in [1.54, 1.807) is 12.1 Å². The number of carbonyl (C=O) groups excluding carboxylic acids is 3. The van der Waals surface area contributed by atoms with Gasteiger partial charge in [-0.2, -0.15) is 0 Å². The van der Waals surface area contributed by atoms with Crippen molar-refractivity contribution in [1.29, 1.82) is 0 Å². The number of nitrogens with one attached hydrogen (secondary N) is 2. The minimum Gasteiger partial charge on any atom is -0.459 e. The van der Waals surface area contributed by atoms with Crippen LogP contribution in [0.25, 0.3) is 0 Å². The van der Waals surface area contributed by atoms with E-state index >= 15 is 0 Å². The molecule has 2 aromatic rings. The molecule has 0 radical (unpaired) electrons. The van der Waals surface area contributed by atoms with Crippen LogP contribution in [0.3, 0.4) is 0 Å². The Kier molecular flexibility index (Phi) is 4.72. The molecule has 2 heterocycles. The SMILES string of the molecule is CNC(=O)COC(=O)c1ccc(NC(=O)c2ccco2)s1. The largest absolute Gasteiger partial charge is 0.459 e. The zero-order valence-electron chi connectivity index (χ0n) is 11.0. The van der Waals surface area contributed by atoms with Crippen LogP contribution in [0.4, 0.5) is 5.00 Å². The van der Waals surface area contributed by atoms with Crippen molar-refractivity contribution in [2.45, 2.75) is 0 Å². The van der Waals surface area contributed by atoms with Gasteiger partial charge in [0, 0.05) is 7.05 Å². The third-order valence-electron chi connectivity index (χ3n) is 2.40. The second-order valence-electron chi connectivity index (χ2n) is 3.84. The molecule has 21 heavy (non-hydrogen) atoms. The predicted molar refractivity (Wildman–Crippen MR) is 75.3 cm³/mol. The second kappa shape index (κ2) is 6.71. The summed E-state index contributed by atoms with van der Waals surface area (Å²) >= 11 is 1.05. The Morgan fingerprint density at radius 2 is 2.10 bits per heavy atom. The zero-order valence-corrected chi connectivity index (χ0v) is 11.9. The van der Waals surface area contributed by atoms with E-state index in [4.69, 9.17) is 9.15 Å². The number of ether oxygens (including phenoxy) is 1. The highest BCUT2D eigenvalue weighted by Crippen LogP contribution is 2.23. The summed E-state index contributed by atoms with van der Waals surface area (Å²) in [5, 5.41) is 5.41. The van der Waals surface area contributed by atoms with Crippen LogP contribution in [-0.4, -0.2) is 31.4 Å². The molecule has 0 bridgehead atoms. The standard InChI is InChI=1S/C13H12N2O5S/c1-14-10(16)7-20-13(18)9-4-5-11(21-9)15-12(17)8-3-2-6-19-8/h2-6H,7H2,1H3,(H,14,16)(H,15,17). The lowest BCUT2D eigenvalue weighted by molar-refractivity contribution is -0.123. The number of rotatable bonds is 5. The summed E-state index contributed by atoms with van der Waals surface area (Å²) in [6, 6.07) is 6.21. The van der Waals surface area contributed by atoms with Crippen molar-refractivity contribution in [3.63, 3.8) is 0 Å². The molecular formula is C13H12N2O5S. The lowest BCUT2D eigenvalue weighted by Crippen LogP contribution is -2.24. The lowest BCUT2D eigenvalue weighted by atomic mass is 10.4. The summed E-state index contributed by atoms with van der Waals surface area (Å²) in [5.41, 5.74) is 0. The summed E-state index contributed by atoms with van der Waals surface area (Å²) in [5.74, 6) is -1.26. The minimum atomic E-state index is -0.623. The first kappa shape index (κ1) is 14.8. The lowest BCUT2D eigenvalue weighted by Gasteiger charge is -2.01. The maximum atomic E-state index is 11.7. The van der Waals surface area contributed by atoms with E-state index < -0.39 is 17.8 Å². The Balaban J connectivity index is 1.93. The van der Waals surface area contributed by atoms with Gasteiger partial charge in [-0.1, -0.05) is 0 Å². The topological polar surface area (TPSA) is 97.6 Å². The molecule has 0 unspecified atom stereocenters. The molecule has 0 aliphatic carbocycles. The van der Waals surface area contributed by atoms with E-state index in [0.717, 1.165) is 11.3 Å². The fourth-order valence-corrected chi connectivity index (χ4v) is 2.17. The molecule has 0 saturated carbocycles. The van der Waals surface area contributed by atoms with Crippen LogP contribution in [0.1, 0.15) is 20.2 Å². The van der Waals surface area contributed by atoms with E-state index in [9.17, 15) is 14.4 Å². The molecule has 2 aromatic heterocycles. The van der Waals surface area contributed by atoms with Crippen LogP contribution < -0.4 is 10.6 Å². The van der Waals surface area contributed by atoms with Crippen molar-refractivity contribution < 1.29 is 23.5 Å². The van der Waals surface area contributed by atoms with Gasteiger partial charge in [-0.15, -0.1) is 11.3 Å². The van der Waals surface area contributed by atoms with E-state index in [1.807, 2.05) is 0 Å². The van der Waals surface area contributed by atoms with Crippen LogP contribution in [-0.2, 0) is 9.53 Å². The second-order valence-corrected chi connectivity index (χ2v) is 4.93. The van der Waals surface area contributed by atoms with Crippen LogP contribution in [0.5, 0.6) is 0 Å². The van der Waals surface area contributed by atoms with Crippen LogP contribution in [0, 0.1) is 0 Å². The van der Waals surface area contributed by atoms with Crippen molar-refractivity contribution in [1.82, 2.24) is 5.32 Å². The Morgan fingerprint density at radius 3 is 2.76 bits per heavy atom. The Hall–Kier alpha value is -2.61. The van der Waals surface area contributed by atoms with E-state index in [2.05, 4.69) is 10.6 Å². The van der Waals surface area contributed by atoms with E-state index in [-0.39, 0.29) is 17.2 Å². The number of esters is 1. The fourth-order valence-electron chi connectivity index (χ4n) is 1.37. The Morgan fingerprint density at radius 1 is 1.29 bits per heavy atom. The first-order valence-corrected chi connectivity index (χ1v) is 6.74. The number of anilines is 1. The maximum absolute atomic E-state index is 11.7. The first-order valence-electron chi connectivity index (χ1n) is 5.92. The number of hydrogen-bond acceptors (Lipinski definition) is 6. The molecule has 0 aromatic carbocycles. The van der Waals surface area contributed by atoms with Gasteiger partial charge in [-0.3, -0.25) is 9.59 Å². The number of likely N-dealkylation sites (N-methyl/N-ethyl adjacent to an activating group) is 1. The molecule has 0 aliphatic rings. The van der Waals surface area contributed by atoms with Crippen molar-refractivity contribution >= 4 is 34.1 Å². The maximum Gasteiger partial charge on any atom is 0.348 e. The molecule has 2 amide bonds. The Labute approximate surface area is 123 Å². The third kappa shape index (κ3) is 3.93. The van der Waals surface area contributed by atoms with Gasteiger partial charge >= 0.3 is 5.97 Å². The van der Waals surface area contributed by atoms with Gasteiger partial charge in [0.25, 0.3) is 11.8 Å². The van der Waals surface area contributed by atoms with E-state index in [1.165, 1.54) is 25.4 Å². The van der Waals surface area contributed by atoms with Gasteiger partial charge in [-0.25, -0.2) is 4.79 Å². The monoisotopic (exact) mass is 308 g/mol. The number of amides is 2. The highest BCUT2D eigenvalue weighted by atomic mass is 32.1. The molecule has 0 saturated heterocycles. The van der Waals surface area contributed by atoms with Gasteiger partial charge < -0.3 is 19.8 Å². The molecule has 0 spiro atoms. The molecule has 8 heteroatoms. The molecule has 0 fully saturated rings. The summed E-state index contributed by atoms with van der Waals surface area (Å²) in [6.45, 7) is -0.346. The average molecular weight is 308 g/mol. The Bertz CT molecular complexity index is 647. The van der Waals surface area contributed by atoms with E-state index in [0.29, 0.717) is 5.00 Å². The first-order chi connectivity index (χ1) is 10.1. The van der Waals surface area contributed by atoms with Crippen molar-refractivity contribution in [2.24, 2.45) is 0 Å². The summed E-state index contributed by atoms with van der Waals surface area (Å²) < 4.78 is 9.76. The van der Waals surface area contributed by atoms with Gasteiger partial charge in [-0.05, 0) is 24.3 Å². The molecule has 0 aliphatic heterocycles. The zero-order chi connectivity index (χ0) is 15.2. The molecular weight excluding hydrogens is 296 g/mol. The minimum absolute atomic E-state index is 0.173. The highest BCUT2D eigenvalue weighted by Gasteiger charge is 2.15. The summed E-state index contributed by atoms with van der Waals surface area (Å²) in [6.07, 6.45) is 1.39. The summed E-state index contributed by atoms with van der Waals surface area (Å²) in [7, 11) is 1.45. The third-order valence-corrected chi connectivity index (χ3v) is 3.38. The van der Waals surface area contributed by atoms with Gasteiger partial charge in [0.2, 0.25) is 0 Å². The predicted octanol–water partition coefficient (Wildman–Crippen LogP) is 1.50. The molecule has 2 rings (SSSR count). The highest BCUT2D eigenvalue weighted by molar-refractivity contribution is 7.18. The number of carbonyl (C=O) groups is 3. The smallest absolute Gasteiger partial charge is 0.348 e. The van der Waals surface area contributed by atoms with Gasteiger partial charge in [0.1, 0.15) is 4.88 Å². The van der Waals surface area contributed by atoms with Crippen molar-refractivity contribution in [3.05, 3.63) is 41.2 Å². The molecule has 0 atom stereocenters. The van der Waals surface area contributed by atoms with Crippen molar-refractivity contribution in [2.75, 3.05) is 19.0 Å². The number of hydrogen-bond donors (Lipinski definition) is 2.